The van der Waals surface area contributed by atoms with Gasteiger partial charge in [0.1, 0.15) is 0 Å². The quantitative estimate of drug-likeness (QED) is 0.456. The maximum atomic E-state index is 11.0. The molecule has 0 radical (unpaired) electrons. The summed E-state index contributed by atoms with van der Waals surface area (Å²) in [7, 11) is 1.60. The summed E-state index contributed by atoms with van der Waals surface area (Å²) in [6, 6.07) is 7.24. The minimum Gasteiger partial charge on any atom is -0.359 e. The second kappa shape index (κ2) is 5.67. The highest BCUT2D eigenvalue weighted by atomic mass is 16.1. The summed E-state index contributed by atoms with van der Waals surface area (Å²) < 4.78 is 0. The van der Waals surface area contributed by atoms with Crippen LogP contribution in [0.2, 0.25) is 0 Å². The van der Waals surface area contributed by atoms with Crippen LogP contribution in [0.4, 0.5) is 5.69 Å². The predicted molar refractivity (Wildman–Crippen MR) is 57.6 cm³/mol. The van der Waals surface area contributed by atoms with Crippen molar-refractivity contribution in [3.63, 3.8) is 0 Å². The van der Waals surface area contributed by atoms with E-state index in [0.29, 0.717) is 18.5 Å². The summed E-state index contributed by atoms with van der Waals surface area (Å²) in [5.74, 6) is -0.0225. The molecule has 0 unspecified atom stereocenters. The van der Waals surface area contributed by atoms with E-state index in [1.54, 1.807) is 19.2 Å². The third-order valence-corrected chi connectivity index (χ3v) is 2.04. The zero-order chi connectivity index (χ0) is 11.1. The number of carbonyl (C=O) groups is 1. The molecule has 0 saturated heterocycles. The van der Waals surface area contributed by atoms with Gasteiger partial charge in [-0.2, -0.15) is 0 Å². The minimum atomic E-state index is -0.0225. The van der Waals surface area contributed by atoms with E-state index >= 15 is 0 Å². The Hall–Kier alpha value is -2.00. The van der Waals surface area contributed by atoms with Gasteiger partial charge >= 0.3 is 0 Å². The molecular formula is C10H12N4O. The highest BCUT2D eigenvalue weighted by Crippen LogP contribution is 2.20. The highest BCUT2D eigenvalue weighted by Gasteiger charge is 2.02. The number of rotatable bonds is 4. The van der Waals surface area contributed by atoms with E-state index < -0.39 is 0 Å². The van der Waals surface area contributed by atoms with Crippen molar-refractivity contribution in [2.75, 3.05) is 7.05 Å². The number of hydrogen-bond acceptors (Lipinski definition) is 2. The van der Waals surface area contributed by atoms with Crippen LogP contribution in [0, 0.1) is 0 Å². The predicted octanol–water partition coefficient (Wildman–Crippen LogP) is 2.31. The van der Waals surface area contributed by atoms with Crippen LogP contribution in [0.25, 0.3) is 10.4 Å². The molecule has 1 amide bonds. The monoisotopic (exact) mass is 204 g/mol. The minimum absolute atomic E-state index is 0.0225. The summed E-state index contributed by atoms with van der Waals surface area (Å²) >= 11 is 0. The molecule has 0 fully saturated rings. The molecule has 5 nitrogen and oxygen atoms in total. The molecule has 0 heterocycles. The summed E-state index contributed by atoms with van der Waals surface area (Å²) in [6.07, 6.45) is 0.976. The lowest BCUT2D eigenvalue weighted by Crippen LogP contribution is -2.17. The van der Waals surface area contributed by atoms with Crippen molar-refractivity contribution in [2.24, 2.45) is 5.11 Å². The van der Waals surface area contributed by atoms with Gasteiger partial charge < -0.3 is 5.32 Å². The van der Waals surface area contributed by atoms with Gasteiger partial charge in [0, 0.05) is 24.1 Å². The molecule has 1 N–H and O–H groups in total. The van der Waals surface area contributed by atoms with Gasteiger partial charge in [-0.15, -0.1) is 0 Å². The van der Waals surface area contributed by atoms with E-state index in [1.807, 2.05) is 12.1 Å². The van der Waals surface area contributed by atoms with E-state index in [2.05, 4.69) is 15.3 Å². The third kappa shape index (κ3) is 3.32. The molecule has 0 bridgehead atoms. The van der Waals surface area contributed by atoms with E-state index in [0.717, 1.165) is 5.56 Å². The first-order chi connectivity index (χ1) is 7.27. The first-order valence-electron chi connectivity index (χ1n) is 4.61. The lowest BCUT2D eigenvalue weighted by Gasteiger charge is -2.03. The Labute approximate surface area is 87.7 Å². The van der Waals surface area contributed by atoms with Gasteiger partial charge in [-0.3, -0.25) is 4.79 Å². The number of hydrogen-bond donors (Lipinski definition) is 1. The SMILES string of the molecule is CNC(=O)CCc1ccccc1N=[N+]=[N-]. The Morgan fingerprint density at radius 3 is 2.93 bits per heavy atom. The molecule has 0 aromatic heterocycles. The molecule has 0 atom stereocenters. The molecule has 1 aromatic carbocycles. The molecule has 0 aliphatic heterocycles. The van der Waals surface area contributed by atoms with Crippen molar-refractivity contribution in [1.29, 1.82) is 0 Å². The molecule has 0 saturated carbocycles. The summed E-state index contributed by atoms with van der Waals surface area (Å²) in [5, 5.41) is 6.10. The Kier molecular flexibility index (Phi) is 4.19. The first-order valence-corrected chi connectivity index (χ1v) is 4.61. The van der Waals surface area contributed by atoms with Crippen molar-refractivity contribution < 1.29 is 4.79 Å². The second-order valence-corrected chi connectivity index (χ2v) is 2.99. The molecule has 78 valence electrons. The van der Waals surface area contributed by atoms with Crippen molar-refractivity contribution in [3.05, 3.63) is 40.3 Å². The number of amides is 1. The van der Waals surface area contributed by atoms with Crippen LogP contribution in [-0.4, -0.2) is 13.0 Å². The van der Waals surface area contributed by atoms with Gasteiger partial charge in [-0.05, 0) is 17.5 Å². The summed E-state index contributed by atoms with van der Waals surface area (Å²) in [4.78, 5) is 13.8. The Morgan fingerprint density at radius 1 is 1.53 bits per heavy atom. The van der Waals surface area contributed by atoms with Crippen LogP contribution in [-0.2, 0) is 11.2 Å². The Bertz CT molecular complexity index is 396. The van der Waals surface area contributed by atoms with Gasteiger partial charge in [-0.25, -0.2) is 0 Å². The molecule has 5 heteroatoms. The lowest BCUT2D eigenvalue weighted by molar-refractivity contribution is -0.120. The van der Waals surface area contributed by atoms with Crippen LogP contribution in [0.15, 0.2) is 29.4 Å². The van der Waals surface area contributed by atoms with Gasteiger partial charge in [-0.1, -0.05) is 29.4 Å². The molecule has 0 spiro atoms. The van der Waals surface area contributed by atoms with Crippen LogP contribution in [0.1, 0.15) is 12.0 Å². The number of azide groups is 1. The van der Waals surface area contributed by atoms with Crippen molar-refractivity contribution in [3.8, 4) is 0 Å². The first kappa shape index (κ1) is 11.1. The number of aryl methyl sites for hydroxylation is 1. The number of nitrogens with zero attached hydrogens (tertiary/aromatic N) is 3. The van der Waals surface area contributed by atoms with Crippen LogP contribution in [0.3, 0.4) is 0 Å². The third-order valence-electron chi connectivity index (χ3n) is 2.04. The smallest absolute Gasteiger partial charge is 0.220 e. The van der Waals surface area contributed by atoms with Crippen LogP contribution < -0.4 is 5.32 Å². The largest absolute Gasteiger partial charge is 0.359 e. The van der Waals surface area contributed by atoms with E-state index in [1.165, 1.54) is 0 Å². The standard InChI is InChI=1S/C10H12N4O/c1-12-10(15)7-6-8-4-2-3-5-9(8)13-14-11/h2-5H,6-7H2,1H3,(H,12,15). The molecule has 15 heavy (non-hydrogen) atoms. The zero-order valence-corrected chi connectivity index (χ0v) is 8.47. The molecule has 0 aliphatic carbocycles. The number of nitrogens with one attached hydrogen (secondary N) is 1. The maximum Gasteiger partial charge on any atom is 0.220 e. The normalized spacial score (nSPS) is 9.13. The number of carbonyl (C=O) groups excluding carboxylic acids is 1. The Morgan fingerprint density at radius 2 is 2.27 bits per heavy atom. The fourth-order valence-electron chi connectivity index (χ4n) is 1.24. The van der Waals surface area contributed by atoms with E-state index in [9.17, 15) is 4.79 Å². The molecular weight excluding hydrogens is 192 g/mol. The molecule has 1 aromatic rings. The summed E-state index contributed by atoms with van der Waals surface area (Å²) in [5.41, 5.74) is 9.82. The zero-order valence-electron chi connectivity index (χ0n) is 8.47. The van der Waals surface area contributed by atoms with Crippen molar-refractivity contribution in [1.82, 2.24) is 5.32 Å². The van der Waals surface area contributed by atoms with Crippen LogP contribution >= 0.6 is 0 Å². The Balaban J connectivity index is 2.75. The lowest BCUT2D eigenvalue weighted by atomic mass is 10.1. The topological polar surface area (TPSA) is 77.9 Å². The number of benzene rings is 1. The van der Waals surface area contributed by atoms with Gasteiger partial charge in [0.2, 0.25) is 5.91 Å². The van der Waals surface area contributed by atoms with Crippen molar-refractivity contribution >= 4 is 11.6 Å². The van der Waals surface area contributed by atoms with E-state index in [-0.39, 0.29) is 5.91 Å². The van der Waals surface area contributed by atoms with Crippen LogP contribution in [0.5, 0.6) is 0 Å². The fraction of sp³-hybridized carbons (Fsp3) is 0.300. The van der Waals surface area contributed by atoms with Gasteiger partial charge in [0.25, 0.3) is 0 Å². The molecule has 1 rings (SSSR count). The second-order valence-electron chi connectivity index (χ2n) is 2.99. The van der Waals surface area contributed by atoms with Gasteiger partial charge in [0.05, 0.1) is 0 Å². The van der Waals surface area contributed by atoms with E-state index in [4.69, 9.17) is 5.53 Å². The fourth-order valence-corrected chi connectivity index (χ4v) is 1.24. The highest BCUT2D eigenvalue weighted by molar-refractivity contribution is 5.76. The average Bonchev–Trinajstić information content (AvgIpc) is 2.28. The maximum absolute atomic E-state index is 11.0. The summed E-state index contributed by atoms with van der Waals surface area (Å²) in [6.45, 7) is 0. The van der Waals surface area contributed by atoms with Gasteiger partial charge in [0.15, 0.2) is 0 Å². The van der Waals surface area contributed by atoms with Crippen molar-refractivity contribution in [2.45, 2.75) is 12.8 Å². The average molecular weight is 204 g/mol. The molecule has 0 aliphatic rings.